The van der Waals surface area contributed by atoms with Gasteiger partial charge in [-0.15, -0.1) is 0 Å². The molecule has 2 unspecified atom stereocenters. The van der Waals surface area contributed by atoms with Crippen LogP contribution in [0.25, 0.3) is 0 Å². The van der Waals surface area contributed by atoms with Gasteiger partial charge in [0.1, 0.15) is 0 Å². The van der Waals surface area contributed by atoms with E-state index in [0.717, 1.165) is 13.0 Å². The molecule has 0 fully saturated rings. The van der Waals surface area contributed by atoms with E-state index in [1.165, 1.54) is 5.56 Å². The smallest absolute Gasteiger partial charge is 0.0602 e. The summed E-state index contributed by atoms with van der Waals surface area (Å²) >= 11 is 0. The number of likely N-dealkylation sites (N-methyl/N-ethyl adjacent to an activating group) is 1. The molecule has 0 saturated carbocycles. The third-order valence-electron chi connectivity index (χ3n) is 3.76. The van der Waals surface area contributed by atoms with E-state index < -0.39 is 0 Å². The van der Waals surface area contributed by atoms with Crippen molar-refractivity contribution in [3.63, 3.8) is 0 Å². The molecule has 0 aliphatic carbocycles. The standard InChI is InChI=1S/C16H28N2O/c1-16(2,3)15(17)14(12-19)18(4)11-10-13-8-6-5-7-9-13/h5-9,14-15,19H,10-12,17H2,1-4H3. The summed E-state index contributed by atoms with van der Waals surface area (Å²) in [4.78, 5) is 2.17. The van der Waals surface area contributed by atoms with Crippen LogP contribution in [0.2, 0.25) is 0 Å². The molecule has 0 spiro atoms. The Labute approximate surface area is 117 Å². The monoisotopic (exact) mass is 264 g/mol. The fourth-order valence-electron chi connectivity index (χ4n) is 2.22. The molecule has 108 valence electrons. The first-order valence-corrected chi connectivity index (χ1v) is 6.97. The maximum Gasteiger partial charge on any atom is 0.0602 e. The molecule has 2 atom stereocenters. The van der Waals surface area contributed by atoms with Crippen molar-refractivity contribution in [2.75, 3.05) is 20.2 Å². The van der Waals surface area contributed by atoms with Crippen molar-refractivity contribution in [2.45, 2.75) is 39.3 Å². The van der Waals surface area contributed by atoms with Crippen molar-refractivity contribution in [3.05, 3.63) is 35.9 Å². The summed E-state index contributed by atoms with van der Waals surface area (Å²) in [6.45, 7) is 7.35. The summed E-state index contributed by atoms with van der Waals surface area (Å²) in [6, 6.07) is 10.4. The Morgan fingerprint density at radius 2 is 1.79 bits per heavy atom. The number of hydrogen-bond donors (Lipinski definition) is 2. The fraction of sp³-hybridized carbons (Fsp3) is 0.625. The van der Waals surface area contributed by atoms with Gasteiger partial charge < -0.3 is 10.8 Å². The Morgan fingerprint density at radius 3 is 2.26 bits per heavy atom. The van der Waals surface area contributed by atoms with E-state index >= 15 is 0 Å². The van der Waals surface area contributed by atoms with Crippen LogP contribution in [0.5, 0.6) is 0 Å². The largest absolute Gasteiger partial charge is 0.395 e. The van der Waals surface area contributed by atoms with E-state index in [0.29, 0.717) is 0 Å². The van der Waals surface area contributed by atoms with Gasteiger partial charge >= 0.3 is 0 Å². The summed E-state index contributed by atoms with van der Waals surface area (Å²) in [5.74, 6) is 0. The Kier molecular flexibility index (Phi) is 5.98. The Hall–Kier alpha value is -0.900. The van der Waals surface area contributed by atoms with Gasteiger partial charge in [0, 0.05) is 18.6 Å². The number of hydrogen-bond acceptors (Lipinski definition) is 3. The maximum atomic E-state index is 9.61. The predicted octanol–water partition coefficient (Wildman–Crippen LogP) is 1.90. The van der Waals surface area contributed by atoms with Gasteiger partial charge in [0.2, 0.25) is 0 Å². The van der Waals surface area contributed by atoms with Crippen LogP contribution >= 0.6 is 0 Å². The highest BCUT2D eigenvalue weighted by Gasteiger charge is 2.30. The summed E-state index contributed by atoms with van der Waals surface area (Å²) in [5.41, 5.74) is 7.58. The van der Waals surface area contributed by atoms with Crippen molar-refractivity contribution in [1.82, 2.24) is 4.90 Å². The third-order valence-corrected chi connectivity index (χ3v) is 3.76. The van der Waals surface area contributed by atoms with Gasteiger partial charge in [0.15, 0.2) is 0 Å². The van der Waals surface area contributed by atoms with Crippen molar-refractivity contribution in [3.8, 4) is 0 Å². The molecule has 0 radical (unpaired) electrons. The first-order chi connectivity index (χ1) is 8.86. The molecule has 0 bridgehead atoms. The van der Waals surface area contributed by atoms with E-state index in [9.17, 15) is 5.11 Å². The van der Waals surface area contributed by atoms with Gasteiger partial charge in [-0.25, -0.2) is 0 Å². The lowest BCUT2D eigenvalue weighted by atomic mass is 9.82. The zero-order valence-electron chi connectivity index (χ0n) is 12.6. The van der Waals surface area contributed by atoms with E-state index in [2.05, 4.69) is 49.9 Å². The molecule has 0 aliphatic heterocycles. The molecule has 1 aromatic carbocycles. The second kappa shape index (κ2) is 7.04. The Bertz CT molecular complexity index is 359. The highest BCUT2D eigenvalue weighted by Crippen LogP contribution is 2.22. The maximum absolute atomic E-state index is 9.61. The molecule has 0 aliphatic rings. The summed E-state index contributed by atoms with van der Waals surface area (Å²) in [6.07, 6.45) is 0.977. The minimum absolute atomic E-state index is 0.00344. The van der Waals surface area contributed by atoms with E-state index in [4.69, 9.17) is 5.73 Å². The summed E-state index contributed by atoms with van der Waals surface area (Å²) in [7, 11) is 2.04. The van der Waals surface area contributed by atoms with Crippen molar-refractivity contribution < 1.29 is 5.11 Å². The van der Waals surface area contributed by atoms with Gasteiger partial charge in [-0.2, -0.15) is 0 Å². The molecule has 1 rings (SSSR count). The van der Waals surface area contributed by atoms with Gasteiger partial charge in [0.05, 0.1) is 6.61 Å². The fourth-order valence-corrected chi connectivity index (χ4v) is 2.22. The molecule has 1 aromatic rings. The van der Waals surface area contributed by atoms with Crippen molar-refractivity contribution in [2.24, 2.45) is 11.1 Å². The third kappa shape index (κ3) is 4.94. The lowest BCUT2D eigenvalue weighted by molar-refractivity contribution is 0.0897. The average molecular weight is 264 g/mol. The number of rotatable bonds is 6. The summed E-state index contributed by atoms with van der Waals surface area (Å²) < 4.78 is 0. The molecule has 0 aromatic heterocycles. The van der Waals surface area contributed by atoms with Crippen molar-refractivity contribution in [1.29, 1.82) is 0 Å². The topological polar surface area (TPSA) is 49.5 Å². The molecule has 0 amide bonds. The number of nitrogens with two attached hydrogens (primary N) is 1. The van der Waals surface area contributed by atoms with Crippen LogP contribution in [0, 0.1) is 5.41 Å². The normalized spacial score (nSPS) is 15.5. The zero-order valence-corrected chi connectivity index (χ0v) is 12.6. The van der Waals surface area contributed by atoms with Gasteiger partial charge in [-0.1, -0.05) is 51.1 Å². The highest BCUT2D eigenvalue weighted by molar-refractivity contribution is 5.14. The Morgan fingerprint density at radius 1 is 1.21 bits per heavy atom. The quantitative estimate of drug-likeness (QED) is 0.825. The molecule has 3 N–H and O–H groups in total. The molecule has 3 heteroatoms. The lowest BCUT2D eigenvalue weighted by Crippen LogP contribution is -2.54. The molecule has 0 heterocycles. The Balaban J connectivity index is 2.57. The number of aliphatic hydroxyl groups is 1. The van der Waals surface area contributed by atoms with Crippen LogP contribution in [-0.2, 0) is 6.42 Å². The van der Waals surface area contributed by atoms with E-state index in [1.807, 2.05) is 13.1 Å². The first-order valence-electron chi connectivity index (χ1n) is 6.97. The molecule has 19 heavy (non-hydrogen) atoms. The van der Waals surface area contributed by atoms with E-state index in [1.54, 1.807) is 0 Å². The molecule has 0 saturated heterocycles. The number of aliphatic hydroxyl groups excluding tert-OH is 1. The molecule has 3 nitrogen and oxygen atoms in total. The van der Waals surface area contributed by atoms with Gasteiger partial charge in [0.25, 0.3) is 0 Å². The van der Waals surface area contributed by atoms with E-state index in [-0.39, 0.29) is 24.1 Å². The van der Waals surface area contributed by atoms with Crippen LogP contribution in [0.4, 0.5) is 0 Å². The van der Waals surface area contributed by atoms with Crippen molar-refractivity contribution >= 4 is 0 Å². The highest BCUT2D eigenvalue weighted by atomic mass is 16.3. The lowest BCUT2D eigenvalue weighted by Gasteiger charge is -2.38. The minimum atomic E-state index is -0.0433. The summed E-state index contributed by atoms with van der Waals surface area (Å²) in [5, 5.41) is 9.61. The van der Waals surface area contributed by atoms with Crippen LogP contribution in [0.3, 0.4) is 0 Å². The zero-order chi connectivity index (χ0) is 14.5. The van der Waals surface area contributed by atoms with Gasteiger partial charge in [-0.3, -0.25) is 4.90 Å². The predicted molar refractivity (Wildman–Crippen MR) is 81.1 cm³/mol. The van der Waals surface area contributed by atoms with Crippen LogP contribution in [0.15, 0.2) is 30.3 Å². The first kappa shape index (κ1) is 16.2. The second-order valence-corrected chi connectivity index (χ2v) is 6.36. The van der Waals surface area contributed by atoms with Gasteiger partial charge in [-0.05, 0) is 24.4 Å². The van der Waals surface area contributed by atoms with Crippen LogP contribution < -0.4 is 5.73 Å². The number of benzene rings is 1. The van der Waals surface area contributed by atoms with Crippen LogP contribution in [0.1, 0.15) is 26.3 Å². The number of nitrogens with zero attached hydrogens (tertiary/aromatic N) is 1. The SMILES string of the molecule is CN(CCc1ccccc1)C(CO)C(N)C(C)(C)C. The minimum Gasteiger partial charge on any atom is -0.395 e. The second-order valence-electron chi connectivity index (χ2n) is 6.36. The average Bonchev–Trinajstić information content (AvgIpc) is 2.37. The molecular weight excluding hydrogens is 236 g/mol. The van der Waals surface area contributed by atoms with Crippen LogP contribution in [-0.4, -0.2) is 42.3 Å². The molecular formula is C16H28N2O.